The minimum Gasteiger partial charge on any atom is -0.495 e. The maximum atomic E-state index is 5.35. The summed E-state index contributed by atoms with van der Waals surface area (Å²) in [5.74, 6) is 1.43. The maximum Gasteiger partial charge on any atom is 0.176 e. The van der Waals surface area contributed by atoms with Crippen molar-refractivity contribution in [3.63, 3.8) is 0 Å². The van der Waals surface area contributed by atoms with Gasteiger partial charge in [0, 0.05) is 12.3 Å². The Morgan fingerprint density at radius 2 is 1.84 bits per heavy atom. The largest absolute Gasteiger partial charge is 0.495 e. The molecular weight excluding hydrogens is 332 g/mol. The Labute approximate surface area is 152 Å². The van der Waals surface area contributed by atoms with Gasteiger partial charge in [-0.05, 0) is 36.8 Å². The molecule has 25 heavy (non-hydrogen) atoms. The molecule has 0 aliphatic rings. The van der Waals surface area contributed by atoms with Gasteiger partial charge in [-0.1, -0.05) is 42.0 Å². The first kappa shape index (κ1) is 17.0. The summed E-state index contributed by atoms with van der Waals surface area (Å²) in [6.07, 6.45) is 1.92. The van der Waals surface area contributed by atoms with Crippen molar-refractivity contribution in [3.05, 3.63) is 71.9 Å². The Morgan fingerprint density at radius 1 is 1.08 bits per heavy atom. The molecule has 1 heterocycles. The van der Waals surface area contributed by atoms with Gasteiger partial charge in [-0.25, -0.2) is 0 Å². The van der Waals surface area contributed by atoms with E-state index in [0.29, 0.717) is 17.5 Å². The lowest BCUT2D eigenvalue weighted by Gasteiger charge is -2.12. The number of benzene rings is 2. The molecule has 0 atom stereocenters. The van der Waals surface area contributed by atoms with E-state index in [0.717, 1.165) is 11.4 Å². The molecule has 0 saturated heterocycles. The van der Waals surface area contributed by atoms with Crippen molar-refractivity contribution in [1.29, 1.82) is 0 Å². The fourth-order valence-corrected chi connectivity index (χ4v) is 2.63. The van der Waals surface area contributed by atoms with E-state index in [1.165, 1.54) is 11.1 Å². The number of hydrogen-bond acceptors (Lipinski definition) is 3. The summed E-state index contributed by atoms with van der Waals surface area (Å²) < 4.78 is 7.18. The fraction of sp³-hybridized carbons (Fsp3) is 0.158. The van der Waals surface area contributed by atoms with E-state index in [1.54, 1.807) is 7.11 Å². The molecule has 0 fully saturated rings. The van der Waals surface area contributed by atoms with E-state index in [4.69, 9.17) is 17.0 Å². The molecule has 0 aliphatic carbocycles. The number of nitrogens with one attached hydrogen (secondary N) is 2. The van der Waals surface area contributed by atoms with Crippen LogP contribution in [0.2, 0.25) is 0 Å². The molecule has 0 aliphatic heterocycles. The number of anilines is 2. The van der Waals surface area contributed by atoms with Crippen LogP contribution in [0.5, 0.6) is 5.75 Å². The quantitative estimate of drug-likeness (QED) is 0.678. The third-order valence-electron chi connectivity index (χ3n) is 3.70. The molecular formula is C19H20N4OS. The lowest BCUT2D eigenvalue weighted by molar-refractivity contribution is 0.417. The van der Waals surface area contributed by atoms with E-state index < -0.39 is 0 Å². The van der Waals surface area contributed by atoms with Gasteiger partial charge in [0.2, 0.25) is 0 Å². The third kappa shape index (κ3) is 4.58. The lowest BCUT2D eigenvalue weighted by atomic mass is 10.1. The van der Waals surface area contributed by atoms with Gasteiger partial charge in [-0.2, -0.15) is 5.10 Å². The Hall–Kier alpha value is -2.86. The highest BCUT2D eigenvalue weighted by molar-refractivity contribution is 7.80. The molecule has 3 rings (SSSR count). The van der Waals surface area contributed by atoms with Gasteiger partial charge < -0.3 is 15.4 Å². The highest BCUT2D eigenvalue weighted by Gasteiger charge is 2.06. The topological polar surface area (TPSA) is 51.1 Å². The van der Waals surface area contributed by atoms with Crippen LogP contribution in [-0.4, -0.2) is 22.0 Å². The zero-order valence-corrected chi connectivity index (χ0v) is 15.0. The lowest BCUT2D eigenvalue weighted by Crippen LogP contribution is -2.20. The Balaban J connectivity index is 1.61. The van der Waals surface area contributed by atoms with Gasteiger partial charge in [-0.15, -0.1) is 0 Å². The van der Waals surface area contributed by atoms with Crippen LogP contribution in [0.25, 0.3) is 0 Å². The number of methoxy groups -OCH3 is 1. The van der Waals surface area contributed by atoms with Crippen LogP contribution in [0.15, 0.2) is 60.8 Å². The van der Waals surface area contributed by atoms with Crippen molar-refractivity contribution < 1.29 is 4.74 Å². The first-order valence-corrected chi connectivity index (χ1v) is 8.35. The number of ether oxygens (including phenoxy) is 1. The molecule has 1 aromatic heterocycles. The number of nitrogens with zero attached hydrogens (tertiary/aromatic N) is 2. The summed E-state index contributed by atoms with van der Waals surface area (Å²) >= 11 is 5.35. The van der Waals surface area contributed by atoms with Crippen molar-refractivity contribution in [2.45, 2.75) is 13.5 Å². The number of rotatable bonds is 5. The average molecular weight is 352 g/mol. The van der Waals surface area contributed by atoms with E-state index >= 15 is 0 Å². The summed E-state index contributed by atoms with van der Waals surface area (Å²) in [7, 11) is 1.63. The number of thiocarbonyl (C=S) groups is 1. The number of hydrogen-bond donors (Lipinski definition) is 2. The maximum absolute atomic E-state index is 5.35. The summed E-state index contributed by atoms with van der Waals surface area (Å²) in [4.78, 5) is 0. The summed E-state index contributed by atoms with van der Waals surface area (Å²) in [6, 6.07) is 17.9. The fourth-order valence-electron chi connectivity index (χ4n) is 2.41. The van der Waals surface area contributed by atoms with Crippen LogP contribution in [0, 0.1) is 6.92 Å². The Bertz CT molecular complexity index is 858. The SMILES string of the molecule is COc1ccccc1NC(=S)Nc1ccn(Cc2ccc(C)cc2)n1. The minimum atomic E-state index is 0.463. The molecule has 0 amide bonds. The zero-order valence-electron chi connectivity index (χ0n) is 14.2. The second-order valence-electron chi connectivity index (χ2n) is 5.66. The molecule has 0 spiro atoms. The Kier molecular flexibility index (Phi) is 5.30. The minimum absolute atomic E-state index is 0.463. The number of aryl methyl sites for hydroxylation is 1. The van der Waals surface area contributed by atoms with Gasteiger partial charge >= 0.3 is 0 Å². The third-order valence-corrected chi connectivity index (χ3v) is 3.91. The average Bonchev–Trinajstić information content (AvgIpc) is 3.04. The molecule has 2 N–H and O–H groups in total. The molecule has 6 heteroatoms. The van der Waals surface area contributed by atoms with Gasteiger partial charge in [0.25, 0.3) is 0 Å². The summed E-state index contributed by atoms with van der Waals surface area (Å²) in [5.41, 5.74) is 3.26. The standard InChI is InChI=1S/C19H20N4OS/c1-14-7-9-15(10-8-14)13-23-12-11-18(22-23)21-19(25)20-16-5-3-4-6-17(16)24-2/h3-12H,13H2,1-2H3,(H2,20,21,22,25). The zero-order chi connectivity index (χ0) is 17.6. The normalized spacial score (nSPS) is 10.3. The van der Waals surface area contributed by atoms with Crippen molar-refractivity contribution >= 4 is 28.8 Å². The molecule has 3 aromatic rings. The van der Waals surface area contributed by atoms with E-state index in [9.17, 15) is 0 Å². The predicted molar refractivity (Wildman–Crippen MR) is 105 cm³/mol. The van der Waals surface area contributed by atoms with Crippen LogP contribution < -0.4 is 15.4 Å². The van der Waals surface area contributed by atoms with Gasteiger partial charge in [-0.3, -0.25) is 4.68 Å². The highest BCUT2D eigenvalue weighted by atomic mass is 32.1. The van der Waals surface area contributed by atoms with E-state index in [1.807, 2.05) is 41.2 Å². The van der Waals surface area contributed by atoms with Crippen molar-refractivity contribution in [1.82, 2.24) is 9.78 Å². The molecule has 0 radical (unpaired) electrons. The van der Waals surface area contributed by atoms with Gasteiger partial charge in [0.05, 0.1) is 19.3 Å². The number of aromatic nitrogens is 2. The second kappa shape index (κ2) is 7.81. The van der Waals surface area contributed by atoms with E-state index in [-0.39, 0.29) is 0 Å². The van der Waals surface area contributed by atoms with Crippen LogP contribution in [0.4, 0.5) is 11.5 Å². The first-order valence-electron chi connectivity index (χ1n) is 7.94. The van der Waals surface area contributed by atoms with Gasteiger partial charge in [0.15, 0.2) is 10.9 Å². The molecule has 5 nitrogen and oxygen atoms in total. The summed E-state index contributed by atoms with van der Waals surface area (Å²) in [6.45, 7) is 2.80. The van der Waals surface area contributed by atoms with E-state index in [2.05, 4.69) is 46.9 Å². The first-order chi connectivity index (χ1) is 12.1. The predicted octanol–water partition coefficient (Wildman–Crippen LogP) is 4.06. The molecule has 0 saturated carbocycles. The molecule has 0 unspecified atom stereocenters. The van der Waals surface area contributed by atoms with Crippen molar-refractivity contribution in [2.24, 2.45) is 0 Å². The van der Waals surface area contributed by atoms with Crippen LogP contribution in [-0.2, 0) is 6.54 Å². The van der Waals surface area contributed by atoms with Crippen molar-refractivity contribution in [3.8, 4) is 5.75 Å². The molecule has 2 aromatic carbocycles. The van der Waals surface area contributed by atoms with Crippen molar-refractivity contribution in [2.75, 3.05) is 17.7 Å². The van der Waals surface area contributed by atoms with Crippen LogP contribution in [0.1, 0.15) is 11.1 Å². The van der Waals surface area contributed by atoms with Gasteiger partial charge in [0.1, 0.15) is 5.75 Å². The molecule has 128 valence electrons. The Morgan fingerprint density at radius 3 is 2.60 bits per heavy atom. The van der Waals surface area contributed by atoms with Crippen LogP contribution >= 0.6 is 12.2 Å². The monoisotopic (exact) mass is 352 g/mol. The summed E-state index contributed by atoms with van der Waals surface area (Å²) in [5, 5.41) is 11.2. The highest BCUT2D eigenvalue weighted by Crippen LogP contribution is 2.23. The molecule has 0 bridgehead atoms. The second-order valence-corrected chi connectivity index (χ2v) is 6.07. The van der Waals surface area contributed by atoms with Crippen LogP contribution in [0.3, 0.4) is 0 Å². The smallest absolute Gasteiger partial charge is 0.176 e. The number of para-hydroxylation sites is 2.